The normalized spacial score (nSPS) is 11.1. The number of halogens is 1. The zero-order valence-corrected chi connectivity index (χ0v) is 10.3. The van der Waals surface area contributed by atoms with Crippen molar-refractivity contribution in [1.82, 2.24) is 0 Å². The minimum Gasteiger partial charge on any atom is -0.392 e. The highest BCUT2D eigenvalue weighted by Crippen LogP contribution is 2.31. The monoisotopic (exact) mass is 270 g/mol. The Hall–Kier alpha value is -0.380. The van der Waals surface area contributed by atoms with E-state index in [-0.39, 0.29) is 6.61 Å². The number of rotatable bonds is 2. The number of aryl methyl sites for hydroxylation is 1. The Morgan fingerprint density at radius 1 is 1.50 bits per heavy atom. The maximum atomic E-state index is 9.29. The Balaban J connectivity index is 2.81. The summed E-state index contributed by atoms with van der Waals surface area (Å²) in [5, 5.41) is 13.5. The van der Waals surface area contributed by atoms with Crippen LogP contribution in [0.3, 0.4) is 0 Å². The molecule has 3 heteroatoms. The summed E-state index contributed by atoms with van der Waals surface area (Å²) in [5.74, 6) is 0. The Morgan fingerprint density at radius 2 is 2.29 bits per heavy atom. The molecule has 0 amide bonds. The highest BCUT2D eigenvalue weighted by Gasteiger charge is 2.09. The van der Waals surface area contributed by atoms with Crippen LogP contribution >= 0.6 is 27.3 Å². The van der Waals surface area contributed by atoms with Gasteiger partial charge in [-0.15, -0.1) is 11.3 Å². The van der Waals surface area contributed by atoms with Gasteiger partial charge in [0, 0.05) is 10.0 Å². The molecule has 0 saturated carbocycles. The van der Waals surface area contributed by atoms with Crippen molar-refractivity contribution in [3.05, 3.63) is 34.2 Å². The zero-order valence-electron chi connectivity index (χ0n) is 7.88. The van der Waals surface area contributed by atoms with E-state index in [1.165, 1.54) is 21.2 Å². The zero-order chi connectivity index (χ0) is 10.1. The molecule has 0 bridgehead atoms. The molecule has 1 aromatic carbocycles. The van der Waals surface area contributed by atoms with Gasteiger partial charge in [0.2, 0.25) is 0 Å². The summed E-state index contributed by atoms with van der Waals surface area (Å²) in [6.07, 6.45) is 0. The summed E-state index contributed by atoms with van der Waals surface area (Å²) in [7, 11) is 0. The van der Waals surface area contributed by atoms with Crippen molar-refractivity contribution in [2.24, 2.45) is 0 Å². The Bertz CT molecular complexity index is 462. The van der Waals surface area contributed by atoms with E-state index in [9.17, 15) is 5.11 Å². The summed E-state index contributed by atoms with van der Waals surface area (Å²) < 4.78 is 1.22. The molecule has 0 atom stereocenters. The van der Waals surface area contributed by atoms with Crippen molar-refractivity contribution in [2.45, 2.75) is 18.9 Å². The van der Waals surface area contributed by atoms with Crippen LogP contribution in [0.4, 0.5) is 0 Å². The van der Waals surface area contributed by atoms with E-state index in [4.69, 9.17) is 0 Å². The van der Waals surface area contributed by atoms with Crippen LogP contribution in [0.2, 0.25) is 0 Å². The van der Waals surface area contributed by atoms with E-state index in [0.29, 0.717) is 0 Å². The van der Waals surface area contributed by atoms with Crippen molar-refractivity contribution in [1.29, 1.82) is 0 Å². The summed E-state index contributed by atoms with van der Waals surface area (Å²) in [6.45, 7) is 2.18. The largest absolute Gasteiger partial charge is 0.392 e. The predicted molar refractivity (Wildman–Crippen MR) is 65.1 cm³/mol. The van der Waals surface area contributed by atoms with Gasteiger partial charge in [0.1, 0.15) is 0 Å². The quantitative estimate of drug-likeness (QED) is 0.827. The van der Waals surface area contributed by atoms with Crippen LogP contribution in [-0.2, 0) is 11.9 Å². The van der Waals surface area contributed by atoms with Gasteiger partial charge in [-0.25, -0.2) is 0 Å². The molecule has 0 spiro atoms. The van der Waals surface area contributed by atoms with Crippen LogP contribution < -0.4 is 0 Å². The second-order valence-electron chi connectivity index (χ2n) is 3.29. The molecule has 74 valence electrons. The number of alkyl halides is 1. The van der Waals surface area contributed by atoms with E-state index in [1.807, 2.05) is 0 Å². The van der Waals surface area contributed by atoms with E-state index in [2.05, 4.69) is 40.4 Å². The first-order chi connectivity index (χ1) is 6.77. The van der Waals surface area contributed by atoms with Gasteiger partial charge in [-0.1, -0.05) is 22.0 Å². The standard InChI is InChI=1S/C11H11BrOS/c1-7-4-8(5-12)9-2-3-14-11(9)10(7)6-13/h2-4,13H,5-6H2,1H3. The van der Waals surface area contributed by atoms with Gasteiger partial charge in [-0.3, -0.25) is 0 Å². The van der Waals surface area contributed by atoms with Crippen molar-refractivity contribution in [2.75, 3.05) is 0 Å². The van der Waals surface area contributed by atoms with E-state index >= 15 is 0 Å². The van der Waals surface area contributed by atoms with Crippen LogP contribution in [0.15, 0.2) is 17.5 Å². The number of thiophene rings is 1. The summed E-state index contributed by atoms with van der Waals surface area (Å²) in [6, 6.07) is 4.27. The van der Waals surface area contributed by atoms with Gasteiger partial charge >= 0.3 is 0 Å². The molecule has 1 nitrogen and oxygen atoms in total. The highest BCUT2D eigenvalue weighted by molar-refractivity contribution is 9.08. The Kier molecular flexibility index (Phi) is 2.91. The second-order valence-corrected chi connectivity index (χ2v) is 4.76. The van der Waals surface area contributed by atoms with E-state index < -0.39 is 0 Å². The summed E-state index contributed by atoms with van der Waals surface area (Å²) in [5.41, 5.74) is 3.55. The molecule has 0 fully saturated rings. The number of fused-ring (bicyclic) bond motifs is 1. The summed E-state index contributed by atoms with van der Waals surface area (Å²) >= 11 is 5.19. The maximum absolute atomic E-state index is 9.29. The third kappa shape index (κ3) is 1.49. The third-order valence-electron chi connectivity index (χ3n) is 2.45. The average Bonchev–Trinajstić information content (AvgIpc) is 2.65. The molecule has 2 rings (SSSR count). The lowest BCUT2D eigenvalue weighted by molar-refractivity contribution is 0.283. The lowest BCUT2D eigenvalue weighted by Gasteiger charge is -2.07. The third-order valence-corrected chi connectivity index (χ3v) is 4.03. The average molecular weight is 271 g/mol. The van der Waals surface area contributed by atoms with Crippen LogP contribution in [0.5, 0.6) is 0 Å². The molecule has 1 N–H and O–H groups in total. The Morgan fingerprint density at radius 3 is 2.93 bits per heavy atom. The van der Waals surface area contributed by atoms with Crippen LogP contribution in [-0.4, -0.2) is 5.11 Å². The van der Waals surface area contributed by atoms with E-state index in [1.54, 1.807) is 11.3 Å². The van der Waals surface area contributed by atoms with Gasteiger partial charge < -0.3 is 5.11 Å². The van der Waals surface area contributed by atoms with Gasteiger partial charge in [-0.2, -0.15) is 0 Å². The molecular formula is C11H11BrOS. The number of aliphatic hydroxyl groups excluding tert-OH is 1. The van der Waals surface area contributed by atoms with Gasteiger partial charge in [0.05, 0.1) is 6.61 Å². The number of benzene rings is 1. The smallest absolute Gasteiger partial charge is 0.0698 e. The lowest BCUT2D eigenvalue weighted by atomic mass is 10.0. The number of aliphatic hydroxyl groups is 1. The highest BCUT2D eigenvalue weighted by atomic mass is 79.9. The van der Waals surface area contributed by atoms with Crippen molar-refractivity contribution < 1.29 is 5.11 Å². The molecule has 0 saturated heterocycles. The fourth-order valence-electron chi connectivity index (χ4n) is 1.71. The molecule has 1 aromatic heterocycles. The van der Waals surface area contributed by atoms with Crippen molar-refractivity contribution in [3.8, 4) is 0 Å². The first kappa shape index (κ1) is 10.1. The molecule has 14 heavy (non-hydrogen) atoms. The lowest BCUT2D eigenvalue weighted by Crippen LogP contribution is -1.91. The van der Waals surface area contributed by atoms with Crippen molar-refractivity contribution >= 4 is 37.4 Å². The van der Waals surface area contributed by atoms with Gasteiger partial charge in [0.25, 0.3) is 0 Å². The first-order valence-corrected chi connectivity index (χ1v) is 6.43. The first-order valence-electron chi connectivity index (χ1n) is 4.43. The van der Waals surface area contributed by atoms with Gasteiger partial charge in [-0.05, 0) is 40.4 Å². The Labute approximate surface area is 95.5 Å². The minimum atomic E-state index is 0.130. The molecule has 1 heterocycles. The van der Waals surface area contributed by atoms with Crippen LogP contribution in [0.1, 0.15) is 16.7 Å². The number of hydrogen-bond donors (Lipinski definition) is 1. The summed E-state index contributed by atoms with van der Waals surface area (Å²) in [4.78, 5) is 0. The molecule has 0 aliphatic heterocycles. The van der Waals surface area contributed by atoms with E-state index in [0.717, 1.165) is 10.9 Å². The minimum absolute atomic E-state index is 0.130. The topological polar surface area (TPSA) is 20.2 Å². The van der Waals surface area contributed by atoms with Gasteiger partial charge in [0.15, 0.2) is 0 Å². The SMILES string of the molecule is Cc1cc(CBr)c2ccsc2c1CO. The molecule has 2 aromatic rings. The predicted octanol–water partition coefficient (Wildman–Crippen LogP) is 3.60. The fraction of sp³-hybridized carbons (Fsp3) is 0.273. The molecule has 0 aliphatic carbocycles. The maximum Gasteiger partial charge on any atom is 0.0698 e. The van der Waals surface area contributed by atoms with Crippen LogP contribution in [0, 0.1) is 6.92 Å². The van der Waals surface area contributed by atoms with Crippen molar-refractivity contribution in [3.63, 3.8) is 0 Å². The van der Waals surface area contributed by atoms with Crippen LogP contribution in [0.25, 0.3) is 10.1 Å². The second kappa shape index (κ2) is 4.01. The molecule has 0 aliphatic rings. The fourth-order valence-corrected chi connectivity index (χ4v) is 3.21. The number of hydrogen-bond acceptors (Lipinski definition) is 2. The molecule has 0 unspecified atom stereocenters. The molecule has 0 radical (unpaired) electrons. The molecular weight excluding hydrogens is 260 g/mol.